The summed E-state index contributed by atoms with van der Waals surface area (Å²) in [6.07, 6.45) is 2.09. The van der Waals surface area contributed by atoms with E-state index in [0.29, 0.717) is 19.7 Å². The first kappa shape index (κ1) is 20.3. The molecule has 1 unspecified atom stereocenters. The minimum Gasteiger partial charge on any atom is -0.461 e. The molecule has 0 aliphatic carbocycles. The van der Waals surface area contributed by atoms with Gasteiger partial charge in [-0.3, -0.25) is 4.79 Å². The number of hydrogen-bond donors (Lipinski definition) is 0. The molecule has 1 amide bonds. The van der Waals surface area contributed by atoms with Crippen molar-refractivity contribution in [3.05, 3.63) is 35.9 Å². The summed E-state index contributed by atoms with van der Waals surface area (Å²) < 4.78 is 11.0. The van der Waals surface area contributed by atoms with Crippen molar-refractivity contribution in [2.45, 2.75) is 59.2 Å². The van der Waals surface area contributed by atoms with Crippen LogP contribution >= 0.6 is 0 Å². The summed E-state index contributed by atoms with van der Waals surface area (Å²) in [5.74, 6) is 0.00790. The molecule has 5 heteroatoms. The topological polar surface area (TPSA) is 55.8 Å². The molecule has 1 heterocycles. The van der Waals surface area contributed by atoms with Crippen molar-refractivity contribution in [3.8, 4) is 0 Å². The smallest absolute Gasteiger partial charge is 0.410 e. The Kier molecular flexibility index (Phi) is 7.06. The lowest BCUT2D eigenvalue weighted by Gasteiger charge is -2.35. The SMILES string of the molecule is CCC(C(=O)OCc1ccccc1)C1CCN(C(=O)OC(C)(C)C)CC1. The minimum atomic E-state index is -0.485. The summed E-state index contributed by atoms with van der Waals surface area (Å²) in [5.41, 5.74) is 0.511. The second-order valence-corrected chi connectivity index (χ2v) is 7.91. The zero-order valence-corrected chi connectivity index (χ0v) is 16.4. The number of amides is 1. The van der Waals surface area contributed by atoms with Crippen LogP contribution in [0.15, 0.2) is 30.3 Å². The van der Waals surface area contributed by atoms with Crippen molar-refractivity contribution in [3.63, 3.8) is 0 Å². The van der Waals surface area contributed by atoms with Crippen molar-refractivity contribution < 1.29 is 19.1 Å². The molecule has 1 aromatic carbocycles. The first-order valence-electron chi connectivity index (χ1n) is 9.48. The van der Waals surface area contributed by atoms with Crippen molar-refractivity contribution in [1.82, 2.24) is 4.90 Å². The van der Waals surface area contributed by atoms with Gasteiger partial charge in [-0.15, -0.1) is 0 Å². The summed E-state index contributed by atoms with van der Waals surface area (Å²) in [7, 11) is 0. The summed E-state index contributed by atoms with van der Waals surface area (Å²) in [6.45, 7) is 9.19. The van der Waals surface area contributed by atoms with E-state index in [0.717, 1.165) is 24.8 Å². The van der Waals surface area contributed by atoms with Crippen LogP contribution in [0.2, 0.25) is 0 Å². The van der Waals surface area contributed by atoms with Crippen LogP contribution in [-0.2, 0) is 20.9 Å². The average Bonchev–Trinajstić information content (AvgIpc) is 2.60. The van der Waals surface area contributed by atoms with Gasteiger partial charge in [-0.05, 0) is 51.5 Å². The highest BCUT2D eigenvalue weighted by Gasteiger charge is 2.33. The van der Waals surface area contributed by atoms with Gasteiger partial charge in [0.25, 0.3) is 0 Å². The van der Waals surface area contributed by atoms with Crippen LogP contribution in [0.25, 0.3) is 0 Å². The third kappa shape index (κ3) is 6.04. The lowest BCUT2D eigenvalue weighted by molar-refractivity contribution is -0.152. The molecule has 1 aliphatic rings. The number of hydrogen-bond acceptors (Lipinski definition) is 4. The quantitative estimate of drug-likeness (QED) is 0.729. The van der Waals surface area contributed by atoms with Crippen molar-refractivity contribution in [2.75, 3.05) is 13.1 Å². The number of rotatable bonds is 5. The van der Waals surface area contributed by atoms with Crippen LogP contribution in [-0.4, -0.2) is 35.7 Å². The van der Waals surface area contributed by atoms with Gasteiger partial charge >= 0.3 is 12.1 Å². The van der Waals surface area contributed by atoms with Crippen molar-refractivity contribution in [2.24, 2.45) is 11.8 Å². The number of esters is 1. The Bertz CT molecular complexity index is 586. The standard InChI is InChI=1S/C21H31NO4/c1-5-18(19(23)25-15-16-9-7-6-8-10-16)17-11-13-22(14-12-17)20(24)26-21(2,3)4/h6-10,17-18H,5,11-15H2,1-4H3. The third-order valence-electron chi connectivity index (χ3n) is 4.73. The maximum Gasteiger partial charge on any atom is 0.410 e. The molecule has 5 nitrogen and oxygen atoms in total. The summed E-state index contributed by atoms with van der Waals surface area (Å²) >= 11 is 0. The van der Waals surface area contributed by atoms with Gasteiger partial charge < -0.3 is 14.4 Å². The fourth-order valence-corrected chi connectivity index (χ4v) is 3.34. The molecule has 1 aliphatic heterocycles. The van der Waals surface area contributed by atoms with E-state index in [4.69, 9.17) is 9.47 Å². The van der Waals surface area contributed by atoms with Gasteiger partial charge in [0.2, 0.25) is 0 Å². The van der Waals surface area contributed by atoms with Gasteiger partial charge in [-0.25, -0.2) is 4.79 Å². The highest BCUT2D eigenvalue weighted by molar-refractivity contribution is 5.73. The fraction of sp³-hybridized carbons (Fsp3) is 0.619. The maximum atomic E-state index is 12.5. The van der Waals surface area contributed by atoms with Crippen molar-refractivity contribution in [1.29, 1.82) is 0 Å². The summed E-state index contributed by atoms with van der Waals surface area (Å²) in [6, 6.07) is 9.72. The zero-order valence-electron chi connectivity index (χ0n) is 16.4. The number of piperidine rings is 1. The first-order chi connectivity index (χ1) is 12.3. The highest BCUT2D eigenvalue weighted by atomic mass is 16.6. The van der Waals surface area contributed by atoms with E-state index in [1.54, 1.807) is 4.90 Å². The van der Waals surface area contributed by atoms with Gasteiger partial charge in [0.15, 0.2) is 0 Å². The Balaban J connectivity index is 1.83. The molecular formula is C21H31NO4. The lowest BCUT2D eigenvalue weighted by Crippen LogP contribution is -2.43. The van der Waals surface area contributed by atoms with E-state index >= 15 is 0 Å². The summed E-state index contributed by atoms with van der Waals surface area (Å²) in [5, 5.41) is 0. The fourth-order valence-electron chi connectivity index (χ4n) is 3.34. The molecule has 1 aromatic rings. The molecule has 0 spiro atoms. The Morgan fingerprint density at radius 2 is 1.77 bits per heavy atom. The second kappa shape index (κ2) is 9.06. The van der Waals surface area contributed by atoms with Gasteiger partial charge in [-0.1, -0.05) is 37.3 Å². The molecule has 1 fully saturated rings. The summed E-state index contributed by atoms with van der Waals surface area (Å²) in [4.78, 5) is 26.4. The van der Waals surface area contributed by atoms with Crippen LogP contribution in [0.5, 0.6) is 0 Å². The highest BCUT2D eigenvalue weighted by Crippen LogP contribution is 2.29. The first-order valence-corrected chi connectivity index (χ1v) is 9.48. The number of carbonyl (C=O) groups excluding carboxylic acids is 2. The lowest BCUT2D eigenvalue weighted by atomic mass is 9.83. The van der Waals surface area contributed by atoms with Crippen molar-refractivity contribution >= 4 is 12.1 Å². The molecule has 2 rings (SSSR count). The van der Waals surface area contributed by atoms with Gasteiger partial charge in [0.05, 0.1) is 5.92 Å². The van der Waals surface area contributed by atoms with Crippen LogP contribution in [0, 0.1) is 11.8 Å². The normalized spacial score (nSPS) is 16.8. The molecule has 0 aromatic heterocycles. The number of carbonyl (C=O) groups is 2. The van der Waals surface area contributed by atoms with Crippen LogP contribution in [0.3, 0.4) is 0 Å². The Labute approximate surface area is 156 Å². The molecular weight excluding hydrogens is 330 g/mol. The molecule has 26 heavy (non-hydrogen) atoms. The van der Waals surface area contributed by atoms with E-state index in [2.05, 4.69) is 0 Å². The predicted molar refractivity (Wildman–Crippen MR) is 101 cm³/mol. The van der Waals surface area contributed by atoms with Crippen LogP contribution in [0.1, 0.15) is 52.5 Å². The molecule has 0 radical (unpaired) electrons. The predicted octanol–water partition coefficient (Wildman–Crippen LogP) is 4.40. The zero-order chi connectivity index (χ0) is 19.2. The maximum absolute atomic E-state index is 12.5. The van der Waals surface area contributed by atoms with E-state index in [1.807, 2.05) is 58.0 Å². The van der Waals surface area contributed by atoms with E-state index in [9.17, 15) is 9.59 Å². The Hall–Kier alpha value is -2.04. The number of ether oxygens (including phenoxy) is 2. The molecule has 0 bridgehead atoms. The van der Waals surface area contributed by atoms with E-state index < -0.39 is 5.60 Å². The van der Waals surface area contributed by atoms with Crippen LogP contribution < -0.4 is 0 Å². The van der Waals surface area contributed by atoms with Gasteiger partial charge in [0, 0.05) is 13.1 Å². The Morgan fingerprint density at radius 1 is 1.15 bits per heavy atom. The largest absolute Gasteiger partial charge is 0.461 e. The molecule has 1 atom stereocenters. The minimum absolute atomic E-state index is 0.112. The molecule has 0 saturated carbocycles. The van der Waals surface area contributed by atoms with E-state index in [-0.39, 0.29) is 23.9 Å². The van der Waals surface area contributed by atoms with Gasteiger partial charge in [-0.2, -0.15) is 0 Å². The van der Waals surface area contributed by atoms with E-state index in [1.165, 1.54) is 0 Å². The monoisotopic (exact) mass is 361 g/mol. The van der Waals surface area contributed by atoms with Gasteiger partial charge in [0.1, 0.15) is 12.2 Å². The molecule has 1 saturated heterocycles. The number of nitrogens with zero attached hydrogens (tertiary/aromatic N) is 1. The molecule has 0 N–H and O–H groups in total. The average molecular weight is 361 g/mol. The van der Waals surface area contributed by atoms with Crippen LogP contribution in [0.4, 0.5) is 4.79 Å². The molecule has 144 valence electrons. The second-order valence-electron chi connectivity index (χ2n) is 7.91. The third-order valence-corrected chi connectivity index (χ3v) is 4.73. The number of likely N-dealkylation sites (tertiary alicyclic amines) is 1. The Morgan fingerprint density at radius 3 is 2.31 bits per heavy atom. The number of benzene rings is 1.